The van der Waals surface area contributed by atoms with E-state index in [4.69, 9.17) is 4.74 Å². The molecule has 158 valence electrons. The number of thiophene rings is 1. The number of benzene rings is 1. The van der Waals surface area contributed by atoms with Gasteiger partial charge in [-0.2, -0.15) is 4.31 Å². The third-order valence-electron chi connectivity index (χ3n) is 5.11. The molecule has 0 unspecified atom stereocenters. The number of carbonyl (C=O) groups is 1. The number of carbonyl (C=O) groups excluding carboxylic acids is 1. The molecule has 0 atom stereocenters. The van der Waals surface area contributed by atoms with Gasteiger partial charge in [-0.15, -0.1) is 11.3 Å². The van der Waals surface area contributed by atoms with Crippen molar-refractivity contribution < 1.29 is 17.9 Å². The van der Waals surface area contributed by atoms with E-state index < -0.39 is 10.0 Å². The minimum Gasteiger partial charge on any atom is -0.491 e. The molecule has 1 aliphatic rings. The molecule has 2 heterocycles. The highest BCUT2D eigenvalue weighted by Crippen LogP contribution is 2.27. The van der Waals surface area contributed by atoms with Crippen LogP contribution in [-0.4, -0.2) is 44.9 Å². The van der Waals surface area contributed by atoms with Gasteiger partial charge in [-0.05, 0) is 41.8 Å². The number of ether oxygens (including phenoxy) is 1. The average molecular weight is 437 g/mol. The maximum Gasteiger partial charge on any atom is 0.252 e. The standard InChI is InChI=1S/C21H28N2O4S2/c1-16(2)18-6-3-4-7-19(18)27-14-11-22-21(24)17-9-12-23(13-10-17)29(25,26)20-8-5-15-28-20/h3-8,15-17H,9-14H2,1-2H3,(H,22,24). The minimum absolute atomic E-state index is 0.0288. The molecular formula is C21H28N2O4S2. The molecular weight excluding hydrogens is 408 g/mol. The van der Waals surface area contributed by atoms with Crippen molar-refractivity contribution in [3.63, 3.8) is 0 Å². The molecule has 1 saturated heterocycles. The second kappa shape index (κ2) is 9.73. The Morgan fingerprint density at radius 1 is 1.21 bits per heavy atom. The number of hydrogen-bond acceptors (Lipinski definition) is 5. The van der Waals surface area contributed by atoms with Crippen molar-refractivity contribution in [3.05, 3.63) is 47.3 Å². The summed E-state index contributed by atoms with van der Waals surface area (Å²) < 4.78 is 32.8. The zero-order chi connectivity index (χ0) is 20.9. The first kappa shape index (κ1) is 21.8. The first-order valence-electron chi connectivity index (χ1n) is 9.92. The van der Waals surface area contributed by atoms with Gasteiger partial charge in [0.25, 0.3) is 10.0 Å². The maximum atomic E-state index is 12.6. The lowest BCUT2D eigenvalue weighted by atomic mass is 9.97. The van der Waals surface area contributed by atoms with Crippen molar-refractivity contribution >= 4 is 27.3 Å². The molecule has 1 aliphatic heterocycles. The van der Waals surface area contributed by atoms with Crippen molar-refractivity contribution in [3.8, 4) is 5.75 Å². The van der Waals surface area contributed by atoms with Gasteiger partial charge in [-0.25, -0.2) is 8.42 Å². The normalized spacial score (nSPS) is 16.1. The van der Waals surface area contributed by atoms with Crippen molar-refractivity contribution in [1.29, 1.82) is 0 Å². The Hall–Kier alpha value is -1.90. The van der Waals surface area contributed by atoms with E-state index in [1.54, 1.807) is 17.5 Å². The van der Waals surface area contributed by atoms with Crippen LogP contribution < -0.4 is 10.1 Å². The highest BCUT2D eigenvalue weighted by Gasteiger charge is 2.32. The first-order chi connectivity index (χ1) is 13.9. The van der Waals surface area contributed by atoms with Crippen molar-refractivity contribution in [1.82, 2.24) is 9.62 Å². The number of amides is 1. The van der Waals surface area contributed by atoms with Crippen LogP contribution in [0.3, 0.4) is 0 Å². The molecule has 3 rings (SSSR count). The molecule has 29 heavy (non-hydrogen) atoms. The quantitative estimate of drug-likeness (QED) is 0.643. The van der Waals surface area contributed by atoms with Gasteiger partial charge in [0.05, 0.1) is 6.54 Å². The fourth-order valence-corrected chi connectivity index (χ4v) is 6.08. The summed E-state index contributed by atoms with van der Waals surface area (Å²) in [6, 6.07) is 11.3. The average Bonchev–Trinajstić information content (AvgIpc) is 3.27. The lowest BCUT2D eigenvalue weighted by Crippen LogP contribution is -2.43. The van der Waals surface area contributed by atoms with E-state index in [9.17, 15) is 13.2 Å². The molecule has 1 aromatic carbocycles. The third-order valence-corrected chi connectivity index (χ3v) is 8.39. The third kappa shape index (κ3) is 5.38. The predicted molar refractivity (Wildman–Crippen MR) is 115 cm³/mol. The molecule has 8 heteroatoms. The summed E-state index contributed by atoms with van der Waals surface area (Å²) in [5, 5.41) is 4.68. The van der Waals surface area contributed by atoms with Crippen molar-refractivity contribution in [2.45, 2.75) is 36.8 Å². The molecule has 0 radical (unpaired) electrons. The van der Waals surface area contributed by atoms with Crippen LogP contribution in [0.15, 0.2) is 46.0 Å². The lowest BCUT2D eigenvalue weighted by Gasteiger charge is -2.30. The monoisotopic (exact) mass is 436 g/mol. The zero-order valence-corrected chi connectivity index (χ0v) is 18.5. The molecule has 0 aliphatic carbocycles. The van der Waals surface area contributed by atoms with Crippen molar-refractivity contribution in [2.75, 3.05) is 26.2 Å². The topological polar surface area (TPSA) is 75.7 Å². The number of nitrogens with one attached hydrogen (secondary N) is 1. The molecule has 0 spiro atoms. The van der Waals surface area contributed by atoms with Gasteiger partial charge in [0.1, 0.15) is 16.6 Å². The lowest BCUT2D eigenvalue weighted by molar-refractivity contribution is -0.126. The Morgan fingerprint density at radius 2 is 1.93 bits per heavy atom. The van der Waals surface area contributed by atoms with E-state index in [1.165, 1.54) is 15.6 Å². The summed E-state index contributed by atoms with van der Waals surface area (Å²) in [5.74, 6) is 1.03. The Labute approximate surface area is 176 Å². The second-order valence-corrected chi connectivity index (χ2v) is 10.6. The predicted octanol–water partition coefficient (Wildman–Crippen LogP) is 3.47. The summed E-state index contributed by atoms with van der Waals surface area (Å²) in [5.41, 5.74) is 1.15. The van der Waals surface area contributed by atoms with E-state index in [-0.39, 0.29) is 11.8 Å². The molecule has 0 bridgehead atoms. The number of sulfonamides is 1. The Balaban J connectivity index is 1.43. The van der Waals surface area contributed by atoms with E-state index in [0.717, 1.165) is 11.3 Å². The first-order valence-corrected chi connectivity index (χ1v) is 12.2. The van der Waals surface area contributed by atoms with Crippen LogP contribution >= 0.6 is 11.3 Å². The van der Waals surface area contributed by atoms with Gasteiger partial charge in [-0.3, -0.25) is 4.79 Å². The smallest absolute Gasteiger partial charge is 0.252 e. The van der Waals surface area contributed by atoms with E-state index in [2.05, 4.69) is 25.2 Å². The van der Waals surface area contributed by atoms with Gasteiger partial charge in [0.2, 0.25) is 5.91 Å². The van der Waals surface area contributed by atoms with Crippen LogP contribution in [0.4, 0.5) is 0 Å². The highest BCUT2D eigenvalue weighted by atomic mass is 32.2. The van der Waals surface area contributed by atoms with E-state index in [1.807, 2.05) is 18.2 Å². The molecule has 1 fully saturated rings. The largest absolute Gasteiger partial charge is 0.491 e. The molecule has 6 nitrogen and oxygen atoms in total. The molecule has 0 saturated carbocycles. The van der Waals surface area contributed by atoms with Crippen LogP contribution in [0.25, 0.3) is 0 Å². The second-order valence-electron chi connectivity index (χ2n) is 7.44. The number of nitrogens with zero attached hydrogens (tertiary/aromatic N) is 1. The summed E-state index contributed by atoms with van der Waals surface area (Å²) in [4.78, 5) is 12.4. The van der Waals surface area contributed by atoms with Crippen LogP contribution in [-0.2, 0) is 14.8 Å². The zero-order valence-electron chi connectivity index (χ0n) is 16.8. The van der Waals surface area contributed by atoms with Crippen LogP contribution in [0.1, 0.15) is 38.2 Å². The summed E-state index contributed by atoms with van der Waals surface area (Å²) >= 11 is 1.22. The van der Waals surface area contributed by atoms with Gasteiger partial charge < -0.3 is 10.1 Å². The SMILES string of the molecule is CC(C)c1ccccc1OCCNC(=O)C1CCN(S(=O)(=O)c2cccs2)CC1. The maximum absolute atomic E-state index is 12.6. The minimum atomic E-state index is -3.43. The fourth-order valence-electron chi connectivity index (χ4n) is 3.46. The molecule has 1 amide bonds. The van der Waals surface area contributed by atoms with Gasteiger partial charge in [0.15, 0.2) is 0 Å². The fraction of sp³-hybridized carbons (Fsp3) is 0.476. The van der Waals surface area contributed by atoms with Gasteiger partial charge in [0, 0.05) is 19.0 Å². The van der Waals surface area contributed by atoms with E-state index in [0.29, 0.717) is 49.2 Å². The molecule has 1 aromatic heterocycles. The Morgan fingerprint density at radius 3 is 2.59 bits per heavy atom. The van der Waals surface area contributed by atoms with Gasteiger partial charge in [-0.1, -0.05) is 38.1 Å². The molecule has 1 N–H and O–H groups in total. The van der Waals surface area contributed by atoms with Crippen LogP contribution in [0.5, 0.6) is 5.75 Å². The number of rotatable bonds is 8. The highest BCUT2D eigenvalue weighted by molar-refractivity contribution is 7.91. The summed E-state index contributed by atoms with van der Waals surface area (Å²) in [6.07, 6.45) is 1.07. The van der Waals surface area contributed by atoms with Gasteiger partial charge >= 0.3 is 0 Å². The Bertz CT molecular complexity index is 903. The summed E-state index contributed by atoms with van der Waals surface area (Å²) in [6.45, 7) is 5.82. The number of piperidine rings is 1. The number of hydrogen-bond donors (Lipinski definition) is 1. The number of para-hydroxylation sites is 1. The summed E-state index contributed by atoms with van der Waals surface area (Å²) in [7, 11) is -3.43. The van der Waals surface area contributed by atoms with E-state index >= 15 is 0 Å². The van der Waals surface area contributed by atoms with Crippen LogP contribution in [0.2, 0.25) is 0 Å². The molecule has 2 aromatic rings. The Kier molecular flexibility index (Phi) is 7.32. The van der Waals surface area contributed by atoms with Crippen molar-refractivity contribution in [2.24, 2.45) is 5.92 Å². The van der Waals surface area contributed by atoms with Crippen LogP contribution in [0, 0.1) is 5.92 Å².